The fourth-order valence-electron chi connectivity index (χ4n) is 2.53. The molecule has 120 valence electrons. The van der Waals surface area contributed by atoms with Gasteiger partial charge in [0.15, 0.2) is 0 Å². The molecule has 0 fully saturated rings. The van der Waals surface area contributed by atoms with Gasteiger partial charge in [0.2, 0.25) is 0 Å². The maximum atomic E-state index is 12.2. The van der Waals surface area contributed by atoms with Crippen molar-refractivity contribution in [3.05, 3.63) is 71.8 Å². The van der Waals surface area contributed by atoms with Gasteiger partial charge in [-0.3, -0.25) is 9.59 Å². The molecular formula is C19H21NO3. The molecule has 0 saturated carbocycles. The smallest absolute Gasteiger partial charge is 0.308 e. The SMILES string of the molecule is CC(NC(=O)c1ccccc1)C(CCc1ccccc1)C(=O)O. The number of aryl methyl sites for hydroxylation is 1. The fourth-order valence-corrected chi connectivity index (χ4v) is 2.53. The summed E-state index contributed by atoms with van der Waals surface area (Å²) in [4.78, 5) is 23.7. The van der Waals surface area contributed by atoms with Gasteiger partial charge in [0.1, 0.15) is 0 Å². The molecule has 4 heteroatoms. The maximum Gasteiger partial charge on any atom is 0.308 e. The first-order chi connectivity index (χ1) is 11.1. The van der Waals surface area contributed by atoms with Crippen molar-refractivity contribution in [2.45, 2.75) is 25.8 Å². The van der Waals surface area contributed by atoms with Crippen molar-refractivity contribution in [2.24, 2.45) is 5.92 Å². The van der Waals surface area contributed by atoms with E-state index in [1.165, 1.54) is 0 Å². The molecular weight excluding hydrogens is 290 g/mol. The molecule has 2 atom stereocenters. The molecule has 2 aromatic carbocycles. The number of hydrogen-bond donors (Lipinski definition) is 2. The van der Waals surface area contributed by atoms with Gasteiger partial charge >= 0.3 is 5.97 Å². The van der Waals surface area contributed by atoms with Crippen LogP contribution < -0.4 is 5.32 Å². The van der Waals surface area contributed by atoms with Gasteiger partial charge in [0.05, 0.1) is 5.92 Å². The maximum absolute atomic E-state index is 12.2. The highest BCUT2D eigenvalue weighted by Gasteiger charge is 2.26. The second-order valence-corrected chi connectivity index (χ2v) is 5.60. The lowest BCUT2D eigenvalue weighted by Gasteiger charge is -2.21. The number of aliphatic carboxylic acids is 1. The molecule has 0 aliphatic carbocycles. The number of carboxylic acids is 1. The van der Waals surface area contributed by atoms with Crippen LogP contribution in [0.15, 0.2) is 60.7 Å². The highest BCUT2D eigenvalue weighted by molar-refractivity contribution is 5.94. The number of carbonyl (C=O) groups excluding carboxylic acids is 1. The Morgan fingerprint density at radius 1 is 1.00 bits per heavy atom. The Bertz CT molecular complexity index is 640. The molecule has 0 aromatic heterocycles. The Morgan fingerprint density at radius 3 is 2.13 bits per heavy atom. The van der Waals surface area contributed by atoms with Gasteiger partial charge in [-0.05, 0) is 37.5 Å². The van der Waals surface area contributed by atoms with E-state index in [9.17, 15) is 14.7 Å². The lowest BCUT2D eigenvalue weighted by molar-refractivity contribution is -0.142. The Hall–Kier alpha value is -2.62. The molecule has 0 bridgehead atoms. The van der Waals surface area contributed by atoms with Crippen molar-refractivity contribution in [3.8, 4) is 0 Å². The Kier molecular flexibility index (Phi) is 5.92. The zero-order valence-electron chi connectivity index (χ0n) is 13.1. The Labute approximate surface area is 136 Å². The molecule has 0 heterocycles. The third-order valence-corrected chi connectivity index (χ3v) is 3.90. The molecule has 0 aliphatic rings. The van der Waals surface area contributed by atoms with E-state index in [1.54, 1.807) is 31.2 Å². The summed E-state index contributed by atoms with van der Waals surface area (Å²) in [6, 6.07) is 18.1. The lowest BCUT2D eigenvalue weighted by atomic mass is 9.93. The zero-order valence-corrected chi connectivity index (χ0v) is 13.1. The van der Waals surface area contributed by atoms with Crippen LogP contribution in [0.5, 0.6) is 0 Å². The van der Waals surface area contributed by atoms with E-state index in [4.69, 9.17) is 0 Å². The molecule has 0 aliphatic heterocycles. The standard InChI is InChI=1S/C19H21NO3/c1-14(20-18(21)16-10-6-3-7-11-16)17(19(22)23)13-12-15-8-4-2-5-9-15/h2-11,14,17H,12-13H2,1H3,(H,20,21)(H,22,23). The number of nitrogens with one attached hydrogen (secondary N) is 1. The van der Waals surface area contributed by atoms with Gasteiger partial charge in [-0.2, -0.15) is 0 Å². The Morgan fingerprint density at radius 2 is 1.57 bits per heavy atom. The first-order valence-electron chi connectivity index (χ1n) is 7.70. The largest absolute Gasteiger partial charge is 0.481 e. The molecule has 2 aromatic rings. The Balaban J connectivity index is 1.97. The number of carbonyl (C=O) groups is 2. The summed E-state index contributed by atoms with van der Waals surface area (Å²) in [5.41, 5.74) is 1.63. The minimum Gasteiger partial charge on any atom is -0.481 e. The van der Waals surface area contributed by atoms with Crippen molar-refractivity contribution in [2.75, 3.05) is 0 Å². The fraction of sp³-hybridized carbons (Fsp3) is 0.263. The van der Waals surface area contributed by atoms with E-state index in [2.05, 4.69) is 5.32 Å². The summed E-state index contributed by atoms with van der Waals surface area (Å²) < 4.78 is 0. The summed E-state index contributed by atoms with van der Waals surface area (Å²) in [6.07, 6.45) is 1.15. The lowest BCUT2D eigenvalue weighted by Crippen LogP contribution is -2.41. The average Bonchev–Trinajstić information content (AvgIpc) is 2.56. The molecule has 2 rings (SSSR count). The first kappa shape index (κ1) is 16.7. The van der Waals surface area contributed by atoms with E-state index in [-0.39, 0.29) is 5.91 Å². The summed E-state index contributed by atoms with van der Waals surface area (Å²) >= 11 is 0. The quantitative estimate of drug-likeness (QED) is 0.825. The second-order valence-electron chi connectivity index (χ2n) is 5.60. The van der Waals surface area contributed by atoms with Crippen molar-refractivity contribution in [1.29, 1.82) is 0 Å². The van der Waals surface area contributed by atoms with E-state index >= 15 is 0 Å². The number of rotatable bonds is 7. The molecule has 0 saturated heterocycles. The van der Waals surface area contributed by atoms with E-state index in [1.807, 2.05) is 36.4 Å². The van der Waals surface area contributed by atoms with Gasteiger partial charge < -0.3 is 10.4 Å². The number of amides is 1. The number of carboxylic acid groups (broad SMARTS) is 1. The van der Waals surface area contributed by atoms with Crippen LogP contribution in [0.2, 0.25) is 0 Å². The van der Waals surface area contributed by atoms with Crippen LogP contribution in [-0.4, -0.2) is 23.0 Å². The van der Waals surface area contributed by atoms with Crippen LogP contribution in [0, 0.1) is 5.92 Å². The second kappa shape index (κ2) is 8.13. The van der Waals surface area contributed by atoms with Crippen LogP contribution in [0.4, 0.5) is 0 Å². The van der Waals surface area contributed by atoms with Crippen molar-refractivity contribution >= 4 is 11.9 Å². The topological polar surface area (TPSA) is 66.4 Å². The molecule has 23 heavy (non-hydrogen) atoms. The van der Waals surface area contributed by atoms with Crippen LogP contribution in [-0.2, 0) is 11.2 Å². The van der Waals surface area contributed by atoms with Gasteiger partial charge in [-0.1, -0.05) is 48.5 Å². The average molecular weight is 311 g/mol. The van der Waals surface area contributed by atoms with E-state index in [0.29, 0.717) is 18.4 Å². The first-order valence-corrected chi connectivity index (χ1v) is 7.70. The molecule has 0 spiro atoms. The number of benzene rings is 2. The summed E-state index contributed by atoms with van der Waals surface area (Å²) in [7, 11) is 0. The van der Waals surface area contributed by atoms with Crippen molar-refractivity contribution < 1.29 is 14.7 Å². The highest BCUT2D eigenvalue weighted by atomic mass is 16.4. The van der Waals surface area contributed by atoms with Crippen LogP contribution in [0.3, 0.4) is 0 Å². The molecule has 2 N–H and O–H groups in total. The molecule has 2 unspecified atom stereocenters. The van der Waals surface area contributed by atoms with Gasteiger partial charge in [0, 0.05) is 11.6 Å². The highest BCUT2D eigenvalue weighted by Crippen LogP contribution is 2.15. The van der Waals surface area contributed by atoms with Crippen LogP contribution in [0.25, 0.3) is 0 Å². The predicted octanol–water partition coefficient (Wildman–Crippen LogP) is 3.14. The van der Waals surface area contributed by atoms with Crippen LogP contribution >= 0.6 is 0 Å². The third kappa shape index (κ3) is 4.95. The predicted molar refractivity (Wildman–Crippen MR) is 89.3 cm³/mol. The van der Waals surface area contributed by atoms with Crippen molar-refractivity contribution in [1.82, 2.24) is 5.32 Å². The minimum atomic E-state index is -0.887. The molecule has 0 radical (unpaired) electrons. The molecule has 4 nitrogen and oxygen atoms in total. The third-order valence-electron chi connectivity index (χ3n) is 3.90. The minimum absolute atomic E-state index is 0.246. The molecule has 1 amide bonds. The summed E-state index contributed by atoms with van der Waals surface area (Å²) in [6.45, 7) is 1.74. The normalized spacial score (nSPS) is 13.1. The van der Waals surface area contributed by atoms with E-state index < -0.39 is 17.9 Å². The monoisotopic (exact) mass is 311 g/mol. The van der Waals surface area contributed by atoms with E-state index in [0.717, 1.165) is 5.56 Å². The zero-order chi connectivity index (χ0) is 16.7. The number of hydrogen-bond acceptors (Lipinski definition) is 2. The summed E-state index contributed by atoms with van der Waals surface area (Å²) in [5.74, 6) is -1.76. The van der Waals surface area contributed by atoms with Gasteiger partial charge in [-0.25, -0.2) is 0 Å². The van der Waals surface area contributed by atoms with Crippen LogP contribution in [0.1, 0.15) is 29.3 Å². The van der Waals surface area contributed by atoms with Crippen molar-refractivity contribution in [3.63, 3.8) is 0 Å². The summed E-state index contributed by atoms with van der Waals surface area (Å²) in [5, 5.41) is 12.2. The van der Waals surface area contributed by atoms with Gasteiger partial charge in [0.25, 0.3) is 5.91 Å². The van der Waals surface area contributed by atoms with Gasteiger partial charge in [-0.15, -0.1) is 0 Å².